The minimum absolute atomic E-state index is 0.0331. The van der Waals surface area contributed by atoms with Gasteiger partial charge < -0.3 is 0 Å². The summed E-state index contributed by atoms with van der Waals surface area (Å²) in [7, 11) is 0. The largest absolute Gasteiger partial charge is 0.292 e. The van der Waals surface area contributed by atoms with E-state index in [2.05, 4.69) is 24.0 Å². The summed E-state index contributed by atoms with van der Waals surface area (Å²) in [6, 6.07) is 0. The Morgan fingerprint density at radius 2 is 2.27 bits per heavy atom. The fraction of sp³-hybridized carbons (Fsp3) is 0.545. The second-order valence-electron chi connectivity index (χ2n) is 3.19. The third-order valence-corrected chi connectivity index (χ3v) is 2.54. The lowest BCUT2D eigenvalue weighted by molar-refractivity contribution is -0.121. The molecule has 0 aliphatic rings. The summed E-state index contributed by atoms with van der Waals surface area (Å²) in [5.41, 5.74) is 5.56. The smallest absolute Gasteiger partial charge is 0.234 e. The van der Waals surface area contributed by atoms with Crippen molar-refractivity contribution in [3.05, 3.63) is 25.3 Å². The van der Waals surface area contributed by atoms with Gasteiger partial charge in [-0.2, -0.15) is 11.8 Å². The summed E-state index contributed by atoms with van der Waals surface area (Å²) in [4.78, 5) is 11.2. The van der Waals surface area contributed by atoms with Crippen LogP contribution in [0.5, 0.6) is 0 Å². The van der Waals surface area contributed by atoms with Crippen LogP contribution in [0.25, 0.3) is 0 Å². The van der Waals surface area contributed by atoms with Crippen molar-refractivity contribution < 1.29 is 4.79 Å². The van der Waals surface area contributed by atoms with Gasteiger partial charge in [0.05, 0.1) is 0 Å². The highest BCUT2D eigenvalue weighted by atomic mass is 32.2. The number of hydrogen-bond donors (Lipinski definition) is 2. The molecule has 2 N–H and O–H groups in total. The first-order valence-electron chi connectivity index (χ1n) is 4.98. The van der Waals surface area contributed by atoms with Crippen LogP contribution >= 0.6 is 11.8 Å². The molecule has 86 valence electrons. The highest BCUT2D eigenvalue weighted by Crippen LogP contribution is 2.02. The van der Waals surface area contributed by atoms with Crippen LogP contribution in [0.4, 0.5) is 0 Å². The summed E-state index contributed by atoms with van der Waals surface area (Å²) in [6.07, 6.45) is 7.12. The van der Waals surface area contributed by atoms with Crippen LogP contribution in [-0.4, -0.2) is 24.5 Å². The standard InChI is InChI=1S/C11H20N2OS/c1-4-6-10(5-2)9-12-13-11(14)7-8-15-3/h4-5,10,12H,1-2,6-9H2,3H3,(H,13,14). The number of carbonyl (C=O) groups is 1. The van der Waals surface area contributed by atoms with Gasteiger partial charge in [0.2, 0.25) is 5.91 Å². The zero-order valence-electron chi connectivity index (χ0n) is 9.29. The second-order valence-corrected chi connectivity index (χ2v) is 4.18. The fourth-order valence-corrected chi connectivity index (χ4v) is 1.40. The molecule has 4 heteroatoms. The van der Waals surface area contributed by atoms with Gasteiger partial charge in [-0.3, -0.25) is 10.2 Å². The van der Waals surface area contributed by atoms with Crippen molar-refractivity contribution in [2.75, 3.05) is 18.6 Å². The molecule has 0 saturated carbocycles. The lowest BCUT2D eigenvalue weighted by atomic mass is 10.1. The Balaban J connectivity index is 3.53. The van der Waals surface area contributed by atoms with Crippen molar-refractivity contribution in [3.63, 3.8) is 0 Å². The molecular weight excluding hydrogens is 208 g/mol. The molecule has 0 aliphatic heterocycles. The predicted molar refractivity (Wildman–Crippen MR) is 67.6 cm³/mol. The van der Waals surface area contributed by atoms with Gasteiger partial charge in [-0.25, -0.2) is 5.43 Å². The van der Waals surface area contributed by atoms with Gasteiger partial charge in [0.1, 0.15) is 0 Å². The van der Waals surface area contributed by atoms with E-state index in [9.17, 15) is 4.79 Å². The van der Waals surface area contributed by atoms with Gasteiger partial charge in [0.15, 0.2) is 0 Å². The molecular formula is C11H20N2OS. The number of nitrogens with one attached hydrogen (secondary N) is 2. The van der Waals surface area contributed by atoms with Crippen molar-refractivity contribution in [1.82, 2.24) is 10.9 Å². The van der Waals surface area contributed by atoms with E-state index in [-0.39, 0.29) is 5.91 Å². The van der Waals surface area contributed by atoms with Crippen molar-refractivity contribution in [2.45, 2.75) is 12.8 Å². The van der Waals surface area contributed by atoms with Crippen molar-refractivity contribution in [2.24, 2.45) is 5.92 Å². The molecule has 0 rings (SSSR count). The minimum atomic E-state index is 0.0331. The van der Waals surface area contributed by atoms with Gasteiger partial charge in [0, 0.05) is 18.7 Å². The van der Waals surface area contributed by atoms with Gasteiger partial charge >= 0.3 is 0 Å². The molecule has 0 aliphatic carbocycles. The van der Waals surface area contributed by atoms with E-state index in [1.54, 1.807) is 11.8 Å². The number of thioether (sulfide) groups is 1. The SMILES string of the molecule is C=CCC(C=C)CNNC(=O)CCSC. The molecule has 0 aromatic rings. The molecule has 0 fully saturated rings. The van der Waals surface area contributed by atoms with E-state index < -0.39 is 0 Å². The Labute approximate surface area is 96.4 Å². The number of allylic oxidation sites excluding steroid dienone is 1. The van der Waals surface area contributed by atoms with E-state index in [0.29, 0.717) is 18.9 Å². The second kappa shape index (κ2) is 9.80. The Bertz CT molecular complexity index is 207. The normalized spacial score (nSPS) is 11.8. The third-order valence-electron chi connectivity index (χ3n) is 1.93. The maximum atomic E-state index is 11.2. The number of hydrogen-bond acceptors (Lipinski definition) is 3. The average molecular weight is 228 g/mol. The topological polar surface area (TPSA) is 41.1 Å². The average Bonchev–Trinajstić information content (AvgIpc) is 2.25. The molecule has 3 nitrogen and oxygen atoms in total. The van der Waals surface area contributed by atoms with Gasteiger partial charge in [-0.05, 0) is 18.6 Å². The van der Waals surface area contributed by atoms with Gasteiger partial charge in [-0.15, -0.1) is 13.2 Å². The van der Waals surface area contributed by atoms with Gasteiger partial charge in [0.25, 0.3) is 0 Å². The molecule has 15 heavy (non-hydrogen) atoms. The molecule has 0 aromatic heterocycles. The van der Waals surface area contributed by atoms with Crippen molar-refractivity contribution in [3.8, 4) is 0 Å². The van der Waals surface area contributed by atoms with Crippen LogP contribution < -0.4 is 10.9 Å². The monoisotopic (exact) mass is 228 g/mol. The zero-order chi connectivity index (χ0) is 11.5. The third kappa shape index (κ3) is 8.27. The van der Waals surface area contributed by atoms with Crippen LogP contribution in [0.1, 0.15) is 12.8 Å². The Morgan fingerprint density at radius 3 is 2.80 bits per heavy atom. The summed E-state index contributed by atoms with van der Waals surface area (Å²) in [6.45, 7) is 8.08. The number of hydrazine groups is 1. The Kier molecular flexibility index (Phi) is 9.32. The molecule has 1 amide bonds. The predicted octanol–water partition coefficient (Wildman–Crippen LogP) is 1.74. The quantitative estimate of drug-likeness (QED) is 0.466. The van der Waals surface area contributed by atoms with E-state index in [1.165, 1.54) is 0 Å². The molecule has 1 atom stereocenters. The minimum Gasteiger partial charge on any atom is -0.292 e. The molecule has 0 saturated heterocycles. The van der Waals surface area contributed by atoms with E-state index in [0.717, 1.165) is 12.2 Å². The summed E-state index contributed by atoms with van der Waals surface area (Å²) >= 11 is 1.66. The Morgan fingerprint density at radius 1 is 1.53 bits per heavy atom. The molecule has 1 unspecified atom stereocenters. The van der Waals surface area contributed by atoms with Crippen LogP contribution in [0.15, 0.2) is 25.3 Å². The first-order valence-corrected chi connectivity index (χ1v) is 6.38. The van der Waals surface area contributed by atoms with E-state index in [4.69, 9.17) is 0 Å². The van der Waals surface area contributed by atoms with Crippen molar-refractivity contribution >= 4 is 17.7 Å². The van der Waals surface area contributed by atoms with E-state index in [1.807, 2.05) is 18.4 Å². The highest BCUT2D eigenvalue weighted by molar-refractivity contribution is 7.98. The van der Waals surface area contributed by atoms with Gasteiger partial charge in [-0.1, -0.05) is 12.2 Å². The Hall–Kier alpha value is -0.740. The summed E-state index contributed by atoms with van der Waals surface area (Å²) in [5.74, 6) is 1.21. The highest BCUT2D eigenvalue weighted by Gasteiger charge is 2.03. The molecule has 0 aromatic carbocycles. The van der Waals surface area contributed by atoms with Crippen LogP contribution in [0.3, 0.4) is 0 Å². The van der Waals surface area contributed by atoms with Crippen LogP contribution in [0.2, 0.25) is 0 Å². The first-order chi connectivity index (χ1) is 7.24. The lowest BCUT2D eigenvalue weighted by Crippen LogP contribution is -2.40. The number of rotatable bonds is 9. The molecule has 0 heterocycles. The zero-order valence-corrected chi connectivity index (χ0v) is 10.1. The fourth-order valence-electron chi connectivity index (χ4n) is 1.01. The summed E-state index contributed by atoms with van der Waals surface area (Å²) in [5, 5.41) is 0. The summed E-state index contributed by atoms with van der Waals surface area (Å²) < 4.78 is 0. The first kappa shape index (κ1) is 14.3. The van der Waals surface area contributed by atoms with E-state index >= 15 is 0 Å². The lowest BCUT2D eigenvalue weighted by Gasteiger charge is -2.12. The van der Waals surface area contributed by atoms with Crippen molar-refractivity contribution in [1.29, 1.82) is 0 Å². The molecule has 0 spiro atoms. The maximum Gasteiger partial charge on any atom is 0.234 e. The molecule has 0 radical (unpaired) electrons. The number of carbonyl (C=O) groups excluding carboxylic acids is 1. The van der Waals surface area contributed by atoms with Crippen LogP contribution in [0, 0.1) is 5.92 Å². The number of amides is 1. The maximum absolute atomic E-state index is 11.2. The van der Waals surface area contributed by atoms with Crippen LogP contribution in [-0.2, 0) is 4.79 Å². The molecule has 0 bridgehead atoms.